The second kappa shape index (κ2) is 7.72. The minimum absolute atomic E-state index is 0.190. The zero-order valence-corrected chi connectivity index (χ0v) is 14.7. The summed E-state index contributed by atoms with van der Waals surface area (Å²) in [6.45, 7) is 3.43. The molecule has 2 atom stereocenters. The molecule has 1 aromatic carbocycles. The molecule has 2 unspecified atom stereocenters. The molecular formula is C20H16F3N3O2. The van der Waals surface area contributed by atoms with Crippen molar-refractivity contribution in [3.63, 3.8) is 0 Å². The molecule has 1 heterocycles. The van der Waals surface area contributed by atoms with Crippen LogP contribution in [-0.2, 0) is 11.0 Å². The summed E-state index contributed by atoms with van der Waals surface area (Å²) >= 11 is 0. The molecule has 0 aliphatic heterocycles. The van der Waals surface area contributed by atoms with Gasteiger partial charge in [-0.05, 0) is 54.8 Å². The van der Waals surface area contributed by atoms with E-state index >= 15 is 0 Å². The molecule has 2 aromatic rings. The zero-order valence-electron chi connectivity index (χ0n) is 14.7. The summed E-state index contributed by atoms with van der Waals surface area (Å²) in [4.78, 5) is 16.0. The van der Waals surface area contributed by atoms with Crippen molar-refractivity contribution in [2.45, 2.75) is 31.2 Å². The first-order valence-corrected chi connectivity index (χ1v) is 8.49. The van der Waals surface area contributed by atoms with Crippen LogP contribution in [0.25, 0.3) is 0 Å². The SMILES string of the molecule is C=CC(=O)NC1CCC(Oc2ccc(C(F)(F)F)cc2)c2nc(C#N)ccc21. The molecular weight excluding hydrogens is 371 g/mol. The summed E-state index contributed by atoms with van der Waals surface area (Å²) < 4.78 is 44.0. The number of alkyl halides is 3. The number of ether oxygens (including phenoxy) is 1. The zero-order chi connectivity index (χ0) is 20.3. The van der Waals surface area contributed by atoms with Crippen molar-refractivity contribution in [1.82, 2.24) is 10.3 Å². The lowest BCUT2D eigenvalue weighted by Crippen LogP contribution is -2.32. The first-order valence-electron chi connectivity index (χ1n) is 8.49. The van der Waals surface area contributed by atoms with Crippen LogP contribution >= 0.6 is 0 Å². The molecule has 1 amide bonds. The number of carbonyl (C=O) groups excluding carboxylic acids is 1. The second-order valence-electron chi connectivity index (χ2n) is 6.25. The highest BCUT2D eigenvalue weighted by atomic mass is 19.4. The molecule has 0 fully saturated rings. The topological polar surface area (TPSA) is 75.0 Å². The second-order valence-corrected chi connectivity index (χ2v) is 6.25. The number of benzene rings is 1. The Hall–Kier alpha value is -3.34. The highest BCUT2D eigenvalue weighted by Gasteiger charge is 2.32. The van der Waals surface area contributed by atoms with Gasteiger partial charge in [0.1, 0.15) is 23.6 Å². The molecule has 0 bridgehead atoms. The number of amides is 1. The third-order valence-electron chi connectivity index (χ3n) is 4.43. The predicted octanol–water partition coefficient (Wildman–Crippen LogP) is 4.23. The van der Waals surface area contributed by atoms with E-state index in [9.17, 15) is 18.0 Å². The van der Waals surface area contributed by atoms with Crippen molar-refractivity contribution in [2.24, 2.45) is 0 Å². The predicted molar refractivity (Wildman–Crippen MR) is 94.1 cm³/mol. The molecule has 1 N–H and O–H groups in total. The molecule has 5 nitrogen and oxygen atoms in total. The molecule has 28 heavy (non-hydrogen) atoms. The van der Waals surface area contributed by atoms with Crippen LogP contribution in [0.5, 0.6) is 5.75 Å². The Bertz CT molecular complexity index is 933. The molecule has 144 valence electrons. The van der Waals surface area contributed by atoms with Gasteiger partial charge in [0.2, 0.25) is 5.91 Å². The standard InChI is InChI=1S/C20H16F3N3O2/c1-2-18(27)26-16-9-10-17(19-15(16)8-5-13(11-24)25-19)28-14-6-3-12(4-7-14)20(21,22)23/h2-8,16-17H,1,9-10H2,(H,26,27). The Labute approximate surface area is 159 Å². The van der Waals surface area contributed by atoms with Crippen molar-refractivity contribution in [3.8, 4) is 11.8 Å². The summed E-state index contributed by atoms with van der Waals surface area (Å²) in [5.41, 5.74) is 0.619. The lowest BCUT2D eigenvalue weighted by molar-refractivity contribution is -0.137. The average Bonchev–Trinajstić information content (AvgIpc) is 2.69. The molecule has 1 aliphatic carbocycles. The van der Waals surface area contributed by atoms with E-state index in [0.717, 1.165) is 12.1 Å². The number of aromatic nitrogens is 1. The van der Waals surface area contributed by atoms with Crippen molar-refractivity contribution >= 4 is 5.91 Å². The van der Waals surface area contributed by atoms with Crippen LogP contribution in [0.15, 0.2) is 49.1 Å². The Balaban J connectivity index is 1.88. The Kier molecular flexibility index (Phi) is 5.36. The van der Waals surface area contributed by atoms with Gasteiger partial charge in [-0.1, -0.05) is 12.6 Å². The lowest BCUT2D eigenvalue weighted by atomic mass is 9.88. The van der Waals surface area contributed by atoms with Crippen LogP contribution in [0.3, 0.4) is 0 Å². The number of halogens is 3. The minimum Gasteiger partial charge on any atom is -0.484 e. The van der Waals surface area contributed by atoms with Gasteiger partial charge in [0.15, 0.2) is 0 Å². The summed E-state index contributed by atoms with van der Waals surface area (Å²) in [7, 11) is 0. The number of rotatable bonds is 4. The highest BCUT2D eigenvalue weighted by molar-refractivity contribution is 5.87. The van der Waals surface area contributed by atoms with Crippen molar-refractivity contribution in [1.29, 1.82) is 5.26 Å². The molecule has 0 spiro atoms. The van der Waals surface area contributed by atoms with E-state index in [4.69, 9.17) is 10.00 Å². The van der Waals surface area contributed by atoms with Crippen LogP contribution < -0.4 is 10.1 Å². The number of nitriles is 1. The van der Waals surface area contributed by atoms with Gasteiger partial charge in [-0.3, -0.25) is 4.79 Å². The van der Waals surface area contributed by atoms with Crippen LogP contribution in [0.1, 0.15) is 47.5 Å². The van der Waals surface area contributed by atoms with E-state index in [-0.39, 0.29) is 23.4 Å². The number of carbonyl (C=O) groups is 1. The van der Waals surface area contributed by atoms with Crippen molar-refractivity contribution in [2.75, 3.05) is 0 Å². The van der Waals surface area contributed by atoms with Gasteiger partial charge in [-0.25, -0.2) is 4.98 Å². The monoisotopic (exact) mass is 387 g/mol. The summed E-state index contributed by atoms with van der Waals surface area (Å²) in [6, 6.07) is 9.30. The van der Waals surface area contributed by atoms with Crippen LogP contribution in [-0.4, -0.2) is 10.9 Å². The maximum absolute atomic E-state index is 12.7. The lowest BCUT2D eigenvalue weighted by Gasteiger charge is -2.31. The van der Waals surface area contributed by atoms with E-state index in [1.54, 1.807) is 12.1 Å². The van der Waals surface area contributed by atoms with Crippen molar-refractivity contribution < 1.29 is 22.7 Å². The molecule has 0 saturated carbocycles. The average molecular weight is 387 g/mol. The Morgan fingerprint density at radius 1 is 1.25 bits per heavy atom. The first-order chi connectivity index (χ1) is 13.3. The van der Waals surface area contributed by atoms with E-state index < -0.39 is 17.8 Å². The van der Waals surface area contributed by atoms with Crippen LogP contribution in [0.4, 0.5) is 13.2 Å². The Morgan fingerprint density at radius 2 is 1.96 bits per heavy atom. The fraction of sp³-hybridized carbons (Fsp3) is 0.250. The molecule has 0 saturated heterocycles. The number of fused-ring (bicyclic) bond motifs is 1. The summed E-state index contributed by atoms with van der Waals surface area (Å²) in [5.74, 6) is -0.0656. The molecule has 3 rings (SSSR count). The highest BCUT2D eigenvalue weighted by Crippen LogP contribution is 2.38. The van der Waals surface area contributed by atoms with Gasteiger partial charge in [0, 0.05) is 0 Å². The van der Waals surface area contributed by atoms with Gasteiger partial charge < -0.3 is 10.1 Å². The van der Waals surface area contributed by atoms with E-state index in [0.29, 0.717) is 24.1 Å². The summed E-state index contributed by atoms with van der Waals surface area (Å²) in [5, 5.41) is 11.9. The third-order valence-corrected chi connectivity index (χ3v) is 4.43. The first kappa shape index (κ1) is 19.4. The third kappa shape index (κ3) is 4.14. The quantitative estimate of drug-likeness (QED) is 0.797. The normalized spacial score (nSPS) is 18.5. The van der Waals surface area contributed by atoms with Crippen molar-refractivity contribution in [3.05, 3.63) is 71.6 Å². The molecule has 1 aromatic heterocycles. The number of nitrogens with zero attached hydrogens (tertiary/aromatic N) is 2. The van der Waals surface area contributed by atoms with Gasteiger partial charge in [0.05, 0.1) is 17.3 Å². The smallest absolute Gasteiger partial charge is 0.416 e. The molecule has 8 heteroatoms. The molecule has 1 aliphatic rings. The fourth-order valence-corrected chi connectivity index (χ4v) is 3.09. The summed E-state index contributed by atoms with van der Waals surface area (Å²) in [6.07, 6.45) is -2.78. The largest absolute Gasteiger partial charge is 0.484 e. The number of hydrogen-bond donors (Lipinski definition) is 1. The number of hydrogen-bond acceptors (Lipinski definition) is 4. The van der Waals surface area contributed by atoms with Gasteiger partial charge in [-0.2, -0.15) is 18.4 Å². The maximum Gasteiger partial charge on any atom is 0.416 e. The Morgan fingerprint density at radius 3 is 2.57 bits per heavy atom. The van der Waals surface area contributed by atoms with Gasteiger partial charge in [0.25, 0.3) is 0 Å². The van der Waals surface area contributed by atoms with Gasteiger partial charge in [-0.15, -0.1) is 0 Å². The number of pyridine rings is 1. The van der Waals surface area contributed by atoms with Gasteiger partial charge >= 0.3 is 6.18 Å². The number of nitrogens with one attached hydrogen (secondary N) is 1. The van der Waals surface area contributed by atoms with Crippen LogP contribution in [0.2, 0.25) is 0 Å². The van der Waals surface area contributed by atoms with E-state index in [1.807, 2.05) is 6.07 Å². The van der Waals surface area contributed by atoms with E-state index in [2.05, 4.69) is 16.9 Å². The van der Waals surface area contributed by atoms with E-state index in [1.165, 1.54) is 18.2 Å². The van der Waals surface area contributed by atoms with Crippen LogP contribution in [0, 0.1) is 11.3 Å². The fourth-order valence-electron chi connectivity index (χ4n) is 3.09. The maximum atomic E-state index is 12.7. The molecule has 0 radical (unpaired) electrons. The minimum atomic E-state index is -4.42.